The van der Waals surface area contributed by atoms with Crippen LogP contribution >= 0.6 is 0 Å². The van der Waals surface area contributed by atoms with Gasteiger partial charge < -0.3 is 9.30 Å². The molecule has 0 bridgehead atoms. The smallest absolute Gasteiger partial charge is 0.123 e. The Balaban J connectivity index is 2.50. The van der Waals surface area contributed by atoms with Crippen molar-refractivity contribution in [2.75, 3.05) is 6.61 Å². The molecule has 0 saturated heterocycles. The fraction of sp³-hybridized carbons (Fsp3) is 0.429. The largest absolute Gasteiger partial charge is 0.493 e. The van der Waals surface area contributed by atoms with Gasteiger partial charge in [0.1, 0.15) is 5.75 Å². The zero-order valence-corrected chi connectivity index (χ0v) is 10.3. The number of rotatable bonds is 4. The number of aromatic nitrogens is 1. The zero-order chi connectivity index (χ0) is 11.5. The first kappa shape index (κ1) is 11.1. The van der Waals surface area contributed by atoms with E-state index < -0.39 is 0 Å². The van der Waals surface area contributed by atoms with Crippen molar-refractivity contribution in [2.45, 2.75) is 26.7 Å². The summed E-state index contributed by atoms with van der Waals surface area (Å²) in [4.78, 5) is 0. The Bertz CT molecular complexity index is 485. The van der Waals surface area contributed by atoms with Gasteiger partial charge in [0.2, 0.25) is 0 Å². The van der Waals surface area contributed by atoms with E-state index in [1.54, 1.807) is 0 Å². The summed E-state index contributed by atoms with van der Waals surface area (Å²) in [6.45, 7) is 5.11. The van der Waals surface area contributed by atoms with Gasteiger partial charge in [0.15, 0.2) is 0 Å². The molecule has 0 aliphatic heterocycles. The molecule has 1 aromatic carbocycles. The van der Waals surface area contributed by atoms with E-state index in [1.165, 1.54) is 16.5 Å². The minimum Gasteiger partial charge on any atom is -0.493 e. The van der Waals surface area contributed by atoms with Crippen molar-refractivity contribution < 1.29 is 4.74 Å². The number of fused-ring (bicyclic) bond motifs is 1. The summed E-state index contributed by atoms with van der Waals surface area (Å²) in [6, 6.07) is 6.41. The van der Waals surface area contributed by atoms with E-state index in [9.17, 15) is 0 Å². The highest BCUT2D eigenvalue weighted by atomic mass is 16.5. The number of aryl methyl sites for hydroxylation is 2. The summed E-state index contributed by atoms with van der Waals surface area (Å²) < 4.78 is 7.94. The number of benzene rings is 1. The molecule has 1 heterocycles. The van der Waals surface area contributed by atoms with Crippen molar-refractivity contribution in [3.8, 4) is 5.75 Å². The van der Waals surface area contributed by atoms with Gasteiger partial charge in [-0.3, -0.25) is 0 Å². The van der Waals surface area contributed by atoms with E-state index in [0.29, 0.717) is 0 Å². The molecule has 0 amide bonds. The molecule has 2 nitrogen and oxygen atoms in total. The lowest BCUT2D eigenvalue weighted by Crippen LogP contribution is -1.99. The third-order valence-electron chi connectivity index (χ3n) is 2.95. The van der Waals surface area contributed by atoms with E-state index in [1.807, 2.05) is 0 Å². The fourth-order valence-electron chi connectivity index (χ4n) is 2.10. The molecular weight excluding hydrogens is 198 g/mol. The van der Waals surface area contributed by atoms with Gasteiger partial charge >= 0.3 is 0 Å². The molecule has 0 spiro atoms. The van der Waals surface area contributed by atoms with Crippen LogP contribution in [0.2, 0.25) is 0 Å². The third kappa shape index (κ3) is 1.80. The predicted octanol–water partition coefficient (Wildman–Crippen LogP) is 3.53. The van der Waals surface area contributed by atoms with Gasteiger partial charge in [-0.05, 0) is 31.0 Å². The standard InChI is InChI=1S/C14H19NO/c1-4-10-16-14-7-6-13-12(11(14)5-2)8-9-15(13)3/h6-9H,4-5,10H2,1-3H3. The maximum atomic E-state index is 5.79. The molecule has 0 radical (unpaired) electrons. The Morgan fingerprint density at radius 3 is 2.69 bits per heavy atom. The Morgan fingerprint density at radius 1 is 1.19 bits per heavy atom. The molecule has 86 valence electrons. The third-order valence-corrected chi connectivity index (χ3v) is 2.95. The summed E-state index contributed by atoms with van der Waals surface area (Å²) in [7, 11) is 2.08. The summed E-state index contributed by atoms with van der Waals surface area (Å²) in [5, 5.41) is 1.32. The van der Waals surface area contributed by atoms with E-state index in [-0.39, 0.29) is 0 Å². The van der Waals surface area contributed by atoms with Gasteiger partial charge in [-0.25, -0.2) is 0 Å². The van der Waals surface area contributed by atoms with E-state index in [2.05, 4.69) is 49.9 Å². The highest BCUT2D eigenvalue weighted by Gasteiger charge is 2.08. The molecule has 0 aliphatic carbocycles. The number of hydrogen-bond donors (Lipinski definition) is 0. The number of ether oxygens (including phenoxy) is 1. The zero-order valence-electron chi connectivity index (χ0n) is 10.3. The monoisotopic (exact) mass is 217 g/mol. The van der Waals surface area contributed by atoms with E-state index in [0.717, 1.165) is 25.2 Å². The van der Waals surface area contributed by atoms with Crippen LogP contribution in [0.1, 0.15) is 25.8 Å². The Hall–Kier alpha value is -1.44. The molecule has 0 saturated carbocycles. The van der Waals surface area contributed by atoms with Crippen molar-refractivity contribution in [2.24, 2.45) is 7.05 Å². The van der Waals surface area contributed by atoms with Gasteiger partial charge in [0.05, 0.1) is 6.61 Å². The van der Waals surface area contributed by atoms with Gasteiger partial charge in [-0.1, -0.05) is 13.8 Å². The van der Waals surface area contributed by atoms with Crippen LogP contribution in [0.25, 0.3) is 10.9 Å². The summed E-state index contributed by atoms with van der Waals surface area (Å²) in [5.74, 6) is 1.04. The molecule has 2 aromatic rings. The highest BCUT2D eigenvalue weighted by Crippen LogP contribution is 2.29. The number of nitrogens with zero attached hydrogens (tertiary/aromatic N) is 1. The molecule has 2 heteroatoms. The first-order valence-corrected chi connectivity index (χ1v) is 5.97. The topological polar surface area (TPSA) is 14.2 Å². The minimum absolute atomic E-state index is 0.797. The highest BCUT2D eigenvalue weighted by molar-refractivity contribution is 5.85. The van der Waals surface area contributed by atoms with Crippen LogP contribution in [0, 0.1) is 0 Å². The van der Waals surface area contributed by atoms with E-state index >= 15 is 0 Å². The lowest BCUT2D eigenvalue weighted by atomic mass is 10.1. The molecular formula is C14H19NO. The maximum absolute atomic E-state index is 5.79. The van der Waals surface area contributed by atoms with Crippen molar-refractivity contribution in [3.63, 3.8) is 0 Å². The molecule has 0 N–H and O–H groups in total. The van der Waals surface area contributed by atoms with E-state index in [4.69, 9.17) is 4.74 Å². The van der Waals surface area contributed by atoms with Crippen molar-refractivity contribution in [1.82, 2.24) is 4.57 Å². The Labute approximate surface area is 96.8 Å². The van der Waals surface area contributed by atoms with Crippen molar-refractivity contribution in [1.29, 1.82) is 0 Å². The van der Waals surface area contributed by atoms with Crippen molar-refractivity contribution >= 4 is 10.9 Å². The minimum atomic E-state index is 0.797. The van der Waals surface area contributed by atoms with Crippen LogP contribution in [0.15, 0.2) is 24.4 Å². The molecule has 2 rings (SSSR count). The first-order valence-electron chi connectivity index (χ1n) is 5.97. The summed E-state index contributed by atoms with van der Waals surface area (Å²) >= 11 is 0. The van der Waals surface area contributed by atoms with Gasteiger partial charge in [0.25, 0.3) is 0 Å². The van der Waals surface area contributed by atoms with Crippen LogP contribution < -0.4 is 4.74 Å². The Kier molecular flexibility index (Phi) is 3.18. The lowest BCUT2D eigenvalue weighted by Gasteiger charge is -2.11. The molecule has 16 heavy (non-hydrogen) atoms. The number of hydrogen-bond acceptors (Lipinski definition) is 1. The van der Waals surface area contributed by atoms with Crippen LogP contribution in [0.5, 0.6) is 5.75 Å². The van der Waals surface area contributed by atoms with Crippen LogP contribution in [0.3, 0.4) is 0 Å². The van der Waals surface area contributed by atoms with Gasteiger partial charge in [-0.2, -0.15) is 0 Å². The quantitative estimate of drug-likeness (QED) is 0.764. The lowest BCUT2D eigenvalue weighted by molar-refractivity contribution is 0.315. The SMILES string of the molecule is CCCOc1ccc2c(ccn2C)c1CC. The van der Waals surface area contributed by atoms with Crippen LogP contribution in [0.4, 0.5) is 0 Å². The second-order valence-corrected chi connectivity index (χ2v) is 4.10. The second kappa shape index (κ2) is 4.60. The molecule has 0 fully saturated rings. The summed E-state index contributed by atoms with van der Waals surface area (Å²) in [5.41, 5.74) is 2.60. The van der Waals surface area contributed by atoms with Crippen LogP contribution in [-0.2, 0) is 13.5 Å². The fourth-order valence-corrected chi connectivity index (χ4v) is 2.10. The molecule has 0 aliphatic rings. The van der Waals surface area contributed by atoms with Crippen LogP contribution in [-0.4, -0.2) is 11.2 Å². The van der Waals surface area contributed by atoms with Crippen molar-refractivity contribution in [3.05, 3.63) is 30.0 Å². The molecule has 1 aromatic heterocycles. The average Bonchev–Trinajstić information content (AvgIpc) is 2.68. The molecule has 0 unspecified atom stereocenters. The average molecular weight is 217 g/mol. The summed E-state index contributed by atoms with van der Waals surface area (Å²) in [6.07, 6.45) is 4.17. The Morgan fingerprint density at radius 2 is 2.00 bits per heavy atom. The molecule has 0 atom stereocenters. The van der Waals surface area contributed by atoms with Gasteiger partial charge in [0, 0.05) is 29.7 Å². The van der Waals surface area contributed by atoms with Gasteiger partial charge in [-0.15, -0.1) is 0 Å². The first-order chi connectivity index (χ1) is 7.77. The predicted molar refractivity (Wildman–Crippen MR) is 68.1 cm³/mol. The maximum Gasteiger partial charge on any atom is 0.123 e. The second-order valence-electron chi connectivity index (χ2n) is 4.10. The normalized spacial score (nSPS) is 10.9.